The van der Waals surface area contributed by atoms with E-state index in [1.165, 1.54) is 25.3 Å². The standard InChI is InChI=1S/C26H26F3NO5/c1-25(2,3)22(24(32)33)30-23(31)19-12-8-16-7-11-18(34-4)13-20(16)21(19)35-14-15-5-9-17(10-6-15)26(27,28)29/h5-13,22H,14H2,1-4H3,(H,30,31)(H,32,33). The fourth-order valence-electron chi connectivity index (χ4n) is 3.54. The number of methoxy groups -OCH3 is 1. The number of alkyl halides is 3. The molecule has 0 aliphatic heterocycles. The summed E-state index contributed by atoms with van der Waals surface area (Å²) in [6.45, 7) is 4.97. The monoisotopic (exact) mass is 489 g/mol. The van der Waals surface area contributed by atoms with E-state index in [0.717, 1.165) is 17.5 Å². The summed E-state index contributed by atoms with van der Waals surface area (Å²) in [6.07, 6.45) is -4.45. The lowest BCUT2D eigenvalue weighted by Crippen LogP contribution is -2.49. The Bertz CT molecular complexity index is 1230. The molecule has 3 aromatic rings. The smallest absolute Gasteiger partial charge is 0.416 e. The largest absolute Gasteiger partial charge is 0.497 e. The first-order valence-corrected chi connectivity index (χ1v) is 10.7. The molecule has 6 nitrogen and oxygen atoms in total. The van der Waals surface area contributed by atoms with E-state index in [-0.39, 0.29) is 17.9 Å². The van der Waals surface area contributed by atoms with E-state index in [4.69, 9.17) is 9.47 Å². The van der Waals surface area contributed by atoms with Crippen LogP contribution in [0.4, 0.5) is 13.2 Å². The van der Waals surface area contributed by atoms with Crippen molar-refractivity contribution < 1.29 is 37.3 Å². The molecule has 0 aliphatic rings. The number of halogens is 3. The summed E-state index contributed by atoms with van der Waals surface area (Å²) < 4.78 is 49.9. The van der Waals surface area contributed by atoms with Crippen molar-refractivity contribution in [1.82, 2.24) is 5.32 Å². The molecule has 35 heavy (non-hydrogen) atoms. The molecule has 0 heterocycles. The summed E-state index contributed by atoms with van der Waals surface area (Å²) in [5, 5.41) is 13.4. The Morgan fingerprint density at radius 2 is 1.63 bits per heavy atom. The Kier molecular flexibility index (Phi) is 7.28. The molecule has 2 N–H and O–H groups in total. The Labute approximate surface area is 200 Å². The van der Waals surface area contributed by atoms with Gasteiger partial charge in [0.1, 0.15) is 24.1 Å². The van der Waals surface area contributed by atoms with Gasteiger partial charge in [0.15, 0.2) is 0 Å². The minimum Gasteiger partial charge on any atom is -0.497 e. The Balaban J connectivity index is 2.00. The van der Waals surface area contributed by atoms with Crippen LogP contribution >= 0.6 is 0 Å². The molecular formula is C26H26F3NO5. The maximum absolute atomic E-state index is 13.2. The lowest BCUT2D eigenvalue weighted by Gasteiger charge is -2.28. The zero-order valence-corrected chi connectivity index (χ0v) is 19.7. The summed E-state index contributed by atoms with van der Waals surface area (Å²) in [6, 6.07) is 11.7. The average Bonchev–Trinajstić information content (AvgIpc) is 2.79. The highest BCUT2D eigenvalue weighted by atomic mass is 19.4. The van der Waals surface area contributed by atoms with Crippen molar-refractivity contribution in [1.29, 1.82) is 0 Å². The molecule has 0 saturated heterocycles. The van der Waals surface area contributed by atoms with Crippen molar-refractivity contribution in [2.24, 2.45) is 5.41 Å². The molecule has 3 rings (SSSR count). The van der Waals surface area contributed by atoms with Crippen molar-refractivity contribution in [3.05, 3.63) is 71.3 Å². The molecule has 1 amide bonds. The minimum absolute atomic E-state index is 0.0909. The van der Waals surface area contributed by atoms with E-state index in [2.05, 4.69) is 5.32 Å². The van der Waals surface area contributed by atoms with Gasteiger partial charge in [-0.3, -0.25) is 4.79 Å². The van der Waals surface area contributed by atoms with Crippen LogP contribution in [-0.2, 0) is 17.6 Å². The number of hydrogen-bond donors (Lipinski definition) is 2. The fraction of sp³-hybridized carbons (Fsp3) is 0.308. The van der Waals surface area contributed by atoms with Crippen molar-refractivity contribution in [3.8, 4) is 11.5 Å². The van der Waals surface area contributed by atoms with E-state index in [9.17, 15) is 27.9 Å². The lowest BCUT2D eigenvalue weighted by molar-refractivity contribution is -0.142. The number of fused-ring (bicyclic) bond motifs is 1. The number of nitrogens with one attached hydrogen (secondary N) is 1. The number of carbonyl (C=O) groups excluding carboxylic acids is 1. The van der Waals surface area contributed by atoms with Gasteiger partial charge in [-0.2, -0.15) is 13.2 Å². The third kappa shape index (κ3) is 6.03. The lowest BCUT2D eigenvalue weighted by atomic mass is 9.86. The van der Waals surface area contributed by atoms with Gasteiger partial charge in [0.05, 0.1) is 18.2 Å². The van der Waals surface area contributed by atoms with Gasteiger partial charge in [0, 0.05) is 5.39 Å². The van der Waals surface area contributed by atoms with Crippen LogP contribution in [0, 0.1) is 5.41 Å². The summed E-state index contributed by atoms with van der Waals surface area (Å²) in [5.74, 6) is -1.16. The van der Waals surface area contributed by atoms with Crippen molar-refractivity contribution in [2.45, 2.75) is 39.6 Å². The summed E-state index contributed by atoms with van der Waals surface area (Å²) in [4.78, 5) is 24.9. The van der Waals surface area contributed by atoms with Crippen LogP contribution in [-0.4, -0.2) is 30.1 Å². The topological polar surface area (TPSA) is 84.9 Å². The highest BCUT2D eigenvalue weighted by Gasteiger charge is 2.34. The van der Waals surface area contributed by atoms with Gasteiger partial charge in [0.2, 0.25) is 0 Å². The molecule has 0 aromatic heterocycles. The Morgan fingerprint density at radius 1 is 1.00 bits per heavy atom. The molecule has 0 fully saturated rings. The maximum Gasteiger partial charge on any atom is 0.416 e. The number of carbonyl (C=O) groups is 2. The van der Waals surface area contributed by atoms with Gasteiger partial charge in [-0.1, -0.05) is 45.0 Å². The third-order valence-electron chi connectivity index (χ3n) is 5.48. The number of amides is 1. The van der Waals surface area contributed by atoms with Crippen LogP contribution in [0.2, 0.25) is 0 Å². The fourth-order valence-corrected chi connectivity index (χ4v) is 3.54. The number of ether oxygens (including phenoxy) is 2. The molecule has 0 radical (unpaired) electrons. The zero-order chi connectivity index (χ0) is 26.0. The highest BCUT2D eigenvalue weighted by Crippen LogP contribution is 2.34. The van der Waals surface area contributed by atoms with Crippen LogP contribution in [0.3, 0.4) is 0 Å². The molecule has 186 valence electrons. The van der Waals surface area contributed by atoms with Crippen molar-refractivity contribution in [2.75, 3.05) is 7.11 Å². The second-order valence-corrected chi connectivity index (χ2v) is 9.12. The van der Waals surface area contributed by atoms with Crippen LogP contribution in [0.25, 0.3) is 10.8 Å². The van der Waals surface area contributed by atoms with Gasteiger partial charge in [-0.25, -0.2) is 4.79 Å². The number of carboxylic acid groups (broad SMARTS) is 1. The number of aliphatic carboxylic acids is 1. The number of rotatable bonds is 7. The number of hydrogen-bond acceptors (Lipinski definition) is 4. The third-order valence-corrected chi connectivity index (χ3v) is 5.48. The molecule has 9 heteroatoms. The minimum atomic E-state index is -4.45. The zero-order valence-electron chi connectivity index (χ0n) is 19.7. The normalized spacial score (nSPS) is 12.8. The van der Waals surface area contributed by atoms with Gasteiger partial charge in [-0.05, 0) is 46.7 Å². The maximum atomic E-state index is 13.2. The molecule has 1 unspecified atom stereocenters. The van der Waals surface area contributed by atoms with Gasteiger partial charge in [0.25, 0.3) is 5.91 Å². The Morgan fingerprint density at radius 3 is 2.17 bits per heavy atom. The summed E-state index contributed by atoms with van der Waals surface area (Å²) in [7, 11) is 1.49. The van der Waals surface area contributed by atoms with Gasteiger partial charge in [-0.15, -0.1) is 0 Å². The van der Waals surface area contributed by atoms with Gasteiger partial charge < -0.3 is 19.9 Å². The van der Waals surface area contributed by atoms with E-state index >= 15 is 0 Å². The number of carboxylic acids is 1. The molecule has 0 spiro atoms. The van der Waals surface area contributed by atoms with Gasteiger partial charge >= 0.3 is 12.1 Å². The van der Waals surface area contributed by atoms with Crippen molar-refractivity contribution in [3.63, 3.8) is 0 Å². The van der Waals surface area contributed by atoms with Crippen LogP contribution in [0.5, 0.6) is 11.5 Å². The van der Waals surface area contributed by atoms with E-state index in [1.54, 1.807) is 45.0 Å². The average molecular weight is 489 g/mol. The van der Waals surface area contributed by atoms with Crippen LogP contribution in [0.15, 0.2) is 54.6 Å². The molecule has 0 saturated carbocycles. The molecule has 0 bridgehead atoms. The van der Waals surface area contributed by atoms with E-state index < -0.39 is 35.1 Å². The predicted molar refractivity (Wildman–Crippen MR) is 125 cm³/mol. The highest BCUT2D eigenvalue weighted by molar-refractivity contribution is 6.05. The van der Waals surface area contributed by atoms with E-state index in [0.29, 0.717) is 16.7 Å². The SMILES string of the molecule is COc1ccc2ccc(C(=O)NC(C(=O)O)C(C)(C)C)c(OCc3ccc(C(F)(F)F)cc3)c2c1. The summed E-state index contributed by atoms with van der Waals surface area (Å²) in [5.41, 5.74) is -0.989. The Hall–Kier alpha value is -3.75. The summed E-state index contributed by atoms with van der Waals surface area (Å²) >= 11 is 0. The van der Waals surface area contributed by atoms with Crippen molar-refractivity contribution >= 4 is 22.6 Å². The second kappa shape index (κ2) is 9.85. The van der Waals surface area contributed by atoms with Crippen LogP contribution in [0.1, 0.15) is 42.3 Å². The predicted octanol–water partition coefficient (Wildman–Crippen LogP) is 5.68. The molecular weight excluding hydrogens is 463 g/mol. The van der Waals surface area contributed by atoms with Crippen LogP contribution < -0.4 is 14.8 Å². The number of benzene rings is 3. The quantitative estimate of drug-likeness (QED) is 0.446. The molecule has 1 atom stereocenters. The first kappa shape index (κ1) is 25.9. The molecule has 3 aromatic carbocycles. The molecule has 0 aliphatic carbocycles. The second-order valence-electron chi connectivity index (χ2n) is 9.12. The first-order chi connectivity index (χ1) is 16.3. The first-order valence-electron chi connectivity index (χ1n) is 10.7. The van der Waals surface area contributed by atoms with E-state index in [1.807, 2.05) is 0 Å².